The predicted molar refractivity (Wildman–Crippen MR) is 49.5 cm³/mol. The maximum Gasteiger partial charge on any atom is 0.00596 e. The van der Waals surface area contributed by atoms with Crippen LogP contribution in [0, 0.1) is 11.8 Å². The summed E-state index contributed by atoms with van der Waals surface area (Å²) in [4.78, 5) is 0. The fourth-order valence-electron chi connectivity index (χ4n) is 1.83. The third kappa shape index (κ3) is 2.26. The first-order valence-electron chi connectivity index (χ1n) is 4.40. The molecule has 10 heavy (non-hydrogen) atoms. The van der Waals surface area contributed by atoms with Crippen molar-refractivity contribution >= 4 is 15.9 Å². The fraction of sp³-hybridized carbons (Fsp3) is 1.00. The van der Waals surface area contributed by atoms with Gasteiger partial charge in [0.05, 0.1) is 0 Å². The zero-order chi connectivity index (χ0) is 7.40. The van der Waals surface area contributed by atoms with E-state index in [9.17, 15) is 0 Å². The van der Waals surface area contributed by atoms with E-state index in [1.165, 1.54) is 37.4 Å². The molecule has 0 aromatic rings. The lowest BCUT2D eigenvalue weighted by Crippen LogP contribution is -2.15. The number of hydrogen-bond donors (Lipinski definition) is 0. The number of alkyl halides is 1. The van der Waals surface area contributed by atoms with Crippen molar-refractivity contribution in [1.29, 1.82) is 0 Å². The Balaban J connectivity index is 2.24. The number of hydrogen-bond acceptors (Lipinski definition) is 0. The highest BCUT2D eigenvalue weighted by Crippen LogP contribution is 2.30. The van der Waals surface area contributed by atoms with E-state index in [-0.39, 0.29) is 0 Å². The Labute approximate surface area is 72.5 Å². The van der Waals surface area contributed by atoms with E-state index in [1.54, 1.807) is 0 Å². The minimum Gasteiger partial charge on any atom is -0.0925 e. The second-order valence-corrected chi connectivity index (χ2v) is 4.18. The van der Waals surface area contributed by atoms with E-state index < -0.39 is 0 Å². The largest absolute Gasteiger partial charge is 0.0925 e. The number of rotatable bonds is 2. The van der Waals surface area contributed by atoms with Crippen LogP contribution in [0.15, 0.2) is 0 Å². The maximum atomic E-state index is 3.55. The average molecular weight is 205 g/mol. The summed E-state index contributed by atoms with van der Waals surface area (Å²) in [7, 11) is 0. The molecule has 1 saturated carbocycles. The van der Waals surface area contributed by atoms with E-state index in [0.29, 0.717) is 0 Å². The van der Waals surface area contributed by atoms with Gasteiger partial charge in [0, 0.05) is 5.33 Å². The Morgan fingerprint density at radius 2 is 1.90 bits per heavy atom. The Hall–Kier alpha value is 0.480. The molecule has 0 N–H and O–H groups in total. The highest BCUT2D eigenvalue weighted by molar-refractivity contribution is 9.09. The van der Waals surface area contributed by atoms with Gasteiger partial charge in [0.2, 0.25) is 0 Å². The quantitative estimate of drug-likeness (QED) is 0.604. The SMILES string of the molecule is CC(CBr)C1CCCCC1. The van der Waals surface area contributed by atoms with Crippen LogP contribution in [0.2, 0.25) is 0 Å². The summed E-state index contributed by atoms with van der Waals surface area (Å²) >= 11 is 3.55. The van der Waals surface area contributed by atoms with Crippen molar-refractivity contribution in [3.05, 3.63) is 0 Å². The van der Waals surface area contributed by atoms with Gasteiger partial charge in [-0.1, -0.05) is 55.0 Å². The van der Waals surface area contributed by atoms with Gasteiger partial charge in [0.1, 0.15) is 0 Å². The molecule has 0 bridgehead atoms. The minimum atomic E-state index is 0.903. The van der Waals surface area contributed by atoms with Gasteiger partial charge in [0.25, 0.3) is 0 Å². The highest BCUT2D eigenvalue weighted by atomic mass is 79.9. The van der Waals surface area contributed by atoms with Crippen molar-refractivity contribution in [2.75, 3.05) is 5.33 Å². The molecule has 0 heterocycles. The van der Waals surface area contributed by atoms with Crippen LogP contribution < -0.4 is 0 Å². The molecule has 0 amide bonds. The lowest BCUT2D eigenvalue weighted by atomic mass is 9.82. The monoisotopic (exact) mass is 204 g/mol. The molecular weight excluding hydrogens is 188 g/mol. The normalized spacial score (nSPS) is 24.6. The van der Waals surface area contributed by atoms with Crippen molar-refractivity contribution in [3.63, 3.8) is 0 Å². The summed E-state index contributed by atoms with van der Waals surface area (Å²) in [5, 5.41) is 1.19. The van der Waals surface area contributed by atoms with Gasteiger partial charge in [-0.05, 0) is 11.8 Å². The van der Waals surface area contributed by atoms with Crippen molar-refractivity contribution in [3.8, 4) is 0 Å². The second kappa shape index (κ2) is 4.38. The zero-order valence-electron chi connectivity index (χ0n) is 6.78. The summed E-state index contributed by atoms with van der Waals surface area (Å²) in [5.41, 5.74) is 0. The molecule has 0 aromatic heterocycles. The Morgan fingerprint density at radius 1 is 1.30 bits per heavy atom. The van der Waals surface area contributed by atoms with Crippen LogP contribution in [0.25, 0.3) is 0 Å². The molecule has 0 aromatic carbocycles. The molecule has 1 fully saturated rings. The van der Waals surface area contributed by atoms with Gasteiger partial charge < -0.3 is 0 Å². The third-order valence-corrected chi connectivity index (χ3v) is 3.72. The molecule has 1 aliphatic carbocycles. The van der Waals surface area contributed by atoms with E-state index in [2.05, 4.69) is 22.9 Å². The van der Waals surface area contributed by atoms with Gasteiger partial charge in [-0.15, -0.1) is 0 Å². The Morgan fingerprint density at radius 3 is 2.40 bits per heavy atom. The molecular formula is C9H17Br. The Kier molecular flexibility index (Phi) is 3.75. The van der Waals surface area contributed by atoms with Gasteiger partial charge >= 0.3 is 0 Å². The van der Waals surface area contributed by atoms with Gasteiger partial charge in [0.15, 0.2) is 0 Å². The molecule has 1 heteroatoms. The summed E-state index contributed by atoms with van der Waals surface area (Å²) < 4.78 is 0. The molecule has 1 rings (SSSR count). The van der Waals surface area contributed by atoms with Crippen LogP contribution in [-0.2, 0) is 0 Å². The van der Waals surface area contributed by atoms with Crippen LogP contribution in [0.1, 0.15) is 39.0 Å². The van der Waals surface area contributed by atoms with Crippen LogP contribution in [0.3, 0.4) is 0 Å². The molecule has 1 unspecified atom stereocenters. The molecule has 1 aliphatic rings. The first-order chi connectivity index (χ1) is 4.84. The van der Waals surface area contributed by atoms with Crippen molar-refractivity contribution in [2.24, 2.45) is 11.8 Å². The van der Waals surface area contributed by atoms with Gasteiger partial charge in [-0.2, -0.15) is 0 Å². The van der Waals surface area contributed by atoms with Crippen molar-refractivity contribution < 1.29 is 0 Å². The van der Waals surface area contributed by atoms with Crippen LogP contribution in [0.5, 0.6) is 0 Å². The molecule has 0 saturated heterocycles. The molecule has 0 spiro atoms. The van der Waals surface area contributed by atoms with Gasteiger partial charge in [-0.25, -0.2) is 0 Å². The highest BCUT2D eigenvalue weighted by Gasteiger charge is 2.18. The first kappa shape index (κ1) is 8.58. The molecule has 1 atom stereocenters. The molecule has 60 valence electrons. The summed E-state index contributed by atoms with van der Waals surface area (Å²) in [6, 6.07) is 0. The fourth-order valence-corrected chi connectivity index (χ4v) is 2.36. The Bertz CT molecular complexity index is 84.7. The van der Waals surface area contributed by atoms with E-state index in [4.69, 9.17) is 0 Å². The average Bonchev–Trinajstić information content (AvgIpc) is 2.05. The topological polar surface area (TPSA) is 0 Å². The molecule has 0 aliphatic heterocycles. The summed E-state index contributed by atoms with van der Waals surface area (Å²) in [5.74, 6) is 1.92. The smallest absolute Gasteiger partial charge is 0.00596 e. The van der Waals surface area contributed by atoms with Crippen molar-refractivity contribution in [1.82, 2.24) is 0 Å². The second-order valence-electron chi connectivity index (χ2n) is 3.53. The van der Waals surface area contributed by atoms with Crippen LogP contribution in [-0.4, -0.2) is 5.33 Å². The molecule has 0 nitrogen and oxygen atoms in total. The lowest BCUT2D eigenvalue weighted by Gasteiger charge is -2.26. The van der Waals surface area contributed by atoms with Gasteiger partial charge in [-0.3, -0.25) is 0 Å². The van der Waals surface area contributed by atoms with Crippen LogP contribution in [0.4, 0.5) is 0 Å². The van der Waals surface area contributed by atoms with Crippen LogP contribution >= 0.6 is 15.9 Å². The zero-order valence-corrected chi connectivity index (χ0v) is 8.36. The molecule has 0 radical (unpaired) electrons. The summed E-state index contributed by atoms with van der Waals surface area (Å²) in [6.45, 7) is 2.37. The third-order valence-electron chi connectivity index (χ3n) is 2.70. The first-order valence-corrected chi connectivity index (χ1v) is 5.52. The minimum absolute atomic E-state index is 0.903. The summed E-state index contributed by atoms with van der Waals surface area (Å²) in [6.07, 6.45) is 7.38. The van der Waals surface area contributed by atoms with E-state index in [1.807, 2.05) is 0 Å². The standard InChI is InChI=1S/C9H17Br/c1-8(7-10)9-5-3-2-4-6-9/h8-9H,2-7H2,1H3. The number of halogens is 1. The lowest BCUT2D eigenvalue weighted by molar-refractivity contribution is 0.283. The maximum absolute atomic E-state index is 3.55. The van der Waals surface area contributed by atoms with Crippen molar-refractivity contribution in [2.45, 2.75) is 39.0 Å². The van der Waals surface area contributed by atoms with E-state index >= 15 is 0 Å². The van der Waals surface area contributed by atoms with E-state index in [0.717, 1.165) is 11.8 Å². The predicted octanol–water partition coefficient (Wildman–Crippen LogP) is 3.60.